The lowest BCUT2D eigenvalue weighted by Crippen LogP contribution is -2.39. The van der Waals surface area contributed by atoms with E-state index in [-0.39, 0.29) is 23.3 Å². The molecule has 222 valence electrons. The third-order valence-corrected chi connectivity index (χ3v) is 11.2. The van der Waals surface area contributed by atoms with E-state index in [1.165, 1.54) is 15.7 Å². The van der Waals surface area contributed by atoms with Crippen molar-refractivity contribution in [3.05, 3.63) is 82.9 Å². The molecule has 0 unspecified atom stereocenters. The summed E-state index contributed by atoms with van der Waals surface area (Å²) in [4.78, 5) is 13.5. The summed E-state index contributed by atoms with van der Waals surface area (Å²) in [6.45, 7) is 4.27. The molecule has 2 heterocycles. The van der Waals surface area contributed by atoms with Crippen molar-refractivity contribution in [2.24, 2.45) is 0 Å². The Labute approximate surface area is 247 Å². The number of amides is 1. The average Bonchev–Trinajstić information content (AvgIpc) is 3.34. The van der Waals surface area contributed by atoms with Crippen LogP contribution in [0.25, 0.3) is 22.3 Å². The van der Waals surface area contributed by atoms with Crippen molar-refractivity contribution >= 4 is 42.6 Å². The molecule has 1 atom stereocenters. The van der Waals surface area contributed by atoms with Crippen LogP contribution in [-0.4, -0.2) is 60.5 Å². The first-order chi connectivity index (χ1) is 19.8. The molecule has 4 aromatic rings. The minimum absolute atomic E-state index is 0.171. The molecule has 0 aliphatic carbocycles. The second-order valence-corrected chi connectivity index (χ2v) is 14.8. The van der Waals surface area contributed by atoms with E-state index in [1.807, 2.05) is 31.2 Å². The zero-order valence-electron chi connectivity index (χ0n) is 24.3. The van der Waals surface area contributed by atoms with Gasteiger partial charge in [-0.25, -0.2) is 16.8 Å². The van der Waals surface area contributed by atoms with E-state index in [2.05, 4.69) is 5.32 Å². The first kappa shape index (κ1) is 29.8. The Hall–Kier alpha value is -3.67. The van der Waals surface area contributed by atoms with Gasteiger partial charge >= 0.3 is 0 Å². The molecule has 11 heteroatoms. The molecular formula is C31H35N3O6S2. The van der Waals surface area contributed by atoms with Crippen LogP contribution in [0.15, 0.2) is 70.0 Å². The van der Waals surface area contributed by atoms with Crippen LogP contribution in [0.3, 0.4) is 0 Å². The van der Waals surface area contributed by atoms with Gasteiger partial charge in [0.25, 0.3) is 5.91 Å². The number of carbonyl (C=O) groups is 1. The van der Waals surface area contributed by atoms with Crippen molar-refractivity contribution in [2.45, 2.75) is 37.5 Å². The van der Waals surface area contributed by atoms with Gasteiger partial charge in [0, 0.05) is 44.2 Å². The quantitative estimate of drug-likeness (QED) is 0.314. The fourth-order valence-corrected chi connectivity index (χ4v) is 7.85. The number of carbonyl (C=O) groups excluding carboxylic acids is 1. The van der Waals surface area contributed by atoms with E-state index >= 15 is 0 Å². The molecule has 0 spiro atoms. The predicted molar refractivity (Wildman–Crippen MR) is 165 cm³/mol. The summed E-state index contributed by atoms with van der Waals surface area (Å²) in [6, 6.07) is 17.9. The van der Waals surface area contributed by atoms with Crippen molar-refractivity contribution in [3.8, 4) is 11.3 Å². The maximum Gasteiger partial charge on any atom is 0.255 e. The normalized spacial score (nSPS) is 16.5. The smallest absolute Gasteiger partial charge is 0.255 e. The minimum atomic E-state index is -3.78. The standard InChI is InChI=1S/C31H35N3O6S2/c1-20-12-14-22(15-13-20)30-29(31(35)32-3)25-17-24(26(18-27(25)40-30)33(4)41(5,36)37)23-10-8-16-34(19-23)42(38,39)28-11-7-6-9-21(28)2/h6-7,9,11-15,17-18,23H,8,10,16,19H2,1-5H3,(H,32,35)/t23-/m0/s1. The number of nitrogens with one attached hydrogen (secondary N) is 1. The Balaban J connectivity index is 1.69. The van der Waals surface area contributed by atoms with Gasteiger partial charge in [0.15, 0.2) is 0 Å². The summed E-state index contributed by atoms with van der Waals surface area (Å²) in [7, 11) is -4.45. The predicted octanol–water partition coefficient (Wildman–Crippen LogP) is 5.04. The van der Waals surface area contributed by atoms with Crippen LogP contribution in [0, 0.1) is 13.8 Å². The molecule has 1 aromatic heterocycles. The van der Waals surface area contributed by atoms with E-state index in [1.54, 1.807) is 50.4 Å². The molecule has 0 saturated carbocycles. The van der Waals surface area contributed by atoms with Crippen LogP contribution in [0.2, 0.25) is 0 Å². The zero-order chi connectivity index (χ0) is 30.4. The molecule has 1 amide bonds. The highest BCUT2D eigenvalue weighted by atomic mass is 32.2. The number of benzene rings is 3. The number of piperidine rings is 1. The maximum atomic E-state index is 13.7. The number of furan rings is 1. The molecule has 1 aliphatic rings. The summed E-state index contributed by atoms with van der Waals surface area (Å²) in [5.41, 5.74) is 4.15. The number of aryl methyl sites for hydroxylation is 2. The van der Waals surface area contributed by atoms with Crippen LogP contribution >= 0.6 is 0 Å². The van der Waals surface area contributed by atoms with Gasteiger partial charge in [0.05, 0.1) is 22.4 Å². The van der Waals surface area contributed by atoms with Gasteiger partial charge in [-0.05, 0) is 55.9 Å². The molecular weight excluding hydrogens is 574 g/mol. The van der Waals surface area contributed by atoms with Crippen LogP contribution in [0.1, 0.15) is 45.8 Å². The third kappa shape index (κ3) is 5.44. The first-order valence-corrected chi connectivity index (χ1v) is 17.0. The van der Waals surface area contributed by atoms with Gasteiger partial charge in [-0.1, -0.05) is 48.0 Å². The summed E-state index contributed by atoms with van der Waals surface area (Å²) in [6.07, 6.45) is 2.36. The van der Waals surface area contributed by atoms with Crippen LogP contribution in [0.4, 0.5) is 5.69 Å². The molecule has 9 nitrogen and oxygen atoms in total. The Morgan fingerprint density at radius 2 is 1.71 bits per heavy atom. The number of nitrogens with zero attached hydrogens (tertiary/aromatic N) is 2. The van der Waals surface area contributed by atoms with E-state index in [9.17, 15) is 21.6 Å². The van der Waals surface area contributed by atoms with Crippen molar-refractivity contribution in [1.82, 2.24) is 9.62 Å². The number of hydrogen-bond donors (Lipinski definition) is 1. The van der Waals surface area contributed by atoms with Gasteiger partial charge in [0.1, 0.15) is 11.3 Å². The third-order valence-electron chi connectivity index (χ3n) is 7.98. The van der Waals surface area contributed by atoms with Crippen molar-refractivity contribution in [3.63, 3.8) is 0 Å². The summed E-state index contributed by atoms with van der Waals surface area (Å²) in [5, 5.41) is 3.23. The highest BCUT2D eigenvalue weighted by Gasteiger charge is 2.34. The SMILES string of the molecule is CNC(=O)c1c(-c2ccc(C)cc2)oc2cc(N(C)S(C)(=O)=O)c([C@H]3CCCN(S(=O)(=O)c4ccccc4C)C3)cc12. The van der Waals surface area contributed by atoms with Crippen molar-refractivity contribution < 1.29 is 26.0 Å². The zero-order valence-corrected chi connectivity index (χ0v) is 26.0. The molecule has 0 bridgehead atoms. The van der Waals surface area contributed by atoms with E-state index < -0.39 is 20.0 Å². The molecule has 3 aromatic carbocycles. The number of sulfonamides is 2. The van der Waals surface area contributed by atoms with Gasteiger partial charge < -0.3 is 9.73 Å². The fraction of sp³-hybridized carbons (Fsp3) is 0.323. The Morgan fingerprint density at radius 1 is 1.02 bits per heavy atom. The lowest BCUT2D eigenvalue weighted by atomic mass is 9.89. The fourth-order valence-electron chi connectivity index (χ4n) is 5.59. The Bertz CT molecular complexity index is 1880. The van der Waals surface area contributed by atoms with Gasteiger partial charge in [-0.2, -0.15) is 4.31 Å². The summed E-state index contributed by atoms with van der Waals surface area (Å²) in [5.74, 6) is -0.287. The Morgan fingerprint density at radius 3 is 2.36 bits per heavy atom. The summed E-state index contributed by atoms with van der Waals surface area (Å²) >= 11 is 0. The van der Waals surface area contributed by atoms with Gasteiger partial charge in [-0.15, -0.1) is 0 Å². The summed E-state index contributed by atoms with van der Waals surface area (Å²) < 4.78 is 61.8. The molecule has 0 radical (unpaired) electrons. The van der Waals surface area contributed by atoms with Crippen LogP contribution in [-0.2, 0) is 20.0 Å². The van der Waals surface area contributed by atoms with Gasteiger partial charge in [-0.3, -0.25) is 9.10 Å². The highest BCUT2D eigenvalue weighted by Crippen LogP contribution is 2.42. The van der Waals surface area contributed by atoms with Gasteiger partial charge in [0.2, 0.25) is 20.0 Å². The van der Waals surface area contributed by atoms with E-state index in [0.717, 1.165) is 11.8 Å². The van der Waals surface area contributed by atoms with Crippen molar-refractivity contribution in [2.75, 3.05) is 37.7 Å². The van der Waals surface area contributed by atoms with Crippen LogP contribution in [0.5, 0.6) is 0 Å². The van der Waals surface area contributed by atoms with Crippen molar-refractivity contribution in [1.29, 1.82) is 0 Å². The second kappa shape index (κ2) is 11.2. The molecule has 1 aliphatic heterocycles. The molecule has 1 N–H and O–H groups in total. The number of anilines is 1. The average molecular weight is 610 g/mol. The van der Waals surface area contributed by atoms with Crippen LogP contribution < -0.4 is 9.62 Å². The topological polar surface area (TPSA) is 117 Å². The molecule has 42 heavy (non-hydrogen) atoms. The molecule has 5 rings (SSSR count). The Kier molecular flexibility index (Phi) is 7.95. The highest BCUT2D eigenvalue weighted by molar-refractivity contribution is 7.92. The number of hydrogen-bond acceptors (Lipinski definition) is 6. The van der Waals surface area contributed by atoms with E-state index in [0.29, 0.717) is 64.1 Å². The second-order valence-electron chi connectivity index (χ2n) is 10.9. The molecule has 1 fully saturated rings. The number of fused-ring (bicyclic) bond motifs is 1. The largest absolute Gasteiger partial charge is 0.455 e. The molecule has 1 saturated heterocycles. The minimum Gasteiger partial charge on any atom is -0.455 e. The maximum absolute atomic E-state index is 13.7. The monoisotopic (exact) mass is 609 g/mol. The van der Waals surface area contributed by atoms with E-state index in [4.69, 9.17) is 4.42 Å². The number of rotatable bonds is 7. The first-order valence-electron chi connectivity index (χ1n) is 13.7. The lowest BCUT2D eigenvalue weighted by Gasteiger charge is -2.34. The lowest BCUT2D eigenvalue weighted by molar-refractivity contribution is 0.0964.